The maximum atomic E-state index is 12.7. The van der Waals surface area contributed by atoms with Gasteiger partial charge in [0.05, 0.1) is 12.0 Å². The van der Waals surface area contributed by atoms with Crippen LogP contribution in [0, 0.1) is 0 Å². The van der Waals surface area contributed by atoms with E-state index in [0.29, 0.717) is 12.1 Å². The number of carbonyl (C=O) groups is 2. The van der Waals surface area contributed by atoms with Crippen molar-refractivity contribution in [3.63, 3.8) is 0 Å². The van der Waals surface area contributed by atoms with E-state index in [1.807, 2.05) is 12.1 Å². The van der Waals surface area contributed by atoms with E-state index in [9.17, 15) is 22.8 Å². The Morgan fingerprint density at radius 2 is 1.81 bits per heavy atom. The van der Waals surface area contributed by atoms with Gasteiger partial charge in [-0.05, 0) is 41.3 Å². The van der Waals surface area contributed by atoms with Crippen molar-refractivity contribution in [2.24, 2.45) is 0 Å². The SMILES string of the molecule is O=C(Cc1cccc(C(F)(F)F)c1)Nc1ccc(CC2=CC(=O)OC2)cc1. The van der Waals surface area contributed by atoms with Crippen molar-refractivity contribution in [2.45, 2.75) is 19.0 Å². The molecule has 2 aromatic rings. The van der Waals surface area contributed by atoms with Gasteiger partial charge >= 0.3 is 12.1 Å². The zero-order valence-corrected chi connectivity index (χ0v) is 14.2. The van der Waals surface area contributed by atoms with Crippen LogP contribution in [0.15, 0.2) is 60.2 Å². The fourth-order valence-corrected chi connectivity index (χ4v) is 2.73. The largest absolute Gasteiger partial charge is 0.458 e. The first-order valence-electron chi connectivity index (χ1n) is 8.21. The number of alkyl halides is 3. The summed E-state index contributed by atoms with van der Waals surface area (Å²) in [5.74, 6) is -0.747. The summed E-state index contributed by atoms with van der Waals surface area (Å²) in [4.78, 5) is 23.1. The lowest BCUT2D eigenvalue weighted by atomic mass is 10.1. The fourth-order valence-electron chi connectivity index (χ4n) is 2.73. The number of benzene rings is 2. The van der Waals surface area contributed by atoms with Gasteiger partial charge in [-0.3, -0.25) is 4.79 Å². The molecule has 140 valence electrons. The van der Waals surface area contributed by atoms with Gasteiger partial charge in [-0.1, -0.05) is 30.3 Å². The molecule has 1 N–H and O–H groups in total. The molecule has 0 fully saturated rings. The van der Waals surface area contributed by atoms with E-state index in [1.165, 1.54) is 18.2 Å². The number of ether oxygens (including phenoxy) is 1. The van der Waals surface area contributed by atoms with Crippen molar-refractivity contribution in [1.29, 1.82) is 0 Å². The normalized spacial score (nSPS) is 13.9. The third-order valence-electron chi connectivity index (χ3n) is 4.01. The Labute approximate surface area is 153 Å². The minimum Gasteiger partial charge on any atom is -0.458 e. The number of halogens is 3. The smallest absolute Gasteiger partial charge is 0.416 e. The number of rotatable bonds is 5. The molecule has 2 aromatic carbocycles. The molecule has 1 aliphatic rings. The lowest BCUT2D eigenvalue weighted by Gasteiger charge is -2.10. The van der Waals surface area contributed by atoms with Crippen LogP contribution in [-0.2, 0) is 33.3 Å². The highest BCUT2D eigenvalue weighted by Crippen LogP contribution is 2.29. The Balaban J connectivity index is 1.58. The monoisotopic (exact) mass is 375 g/mol. The van der Waals surface area contributed by atoms with E-state index in [0.717, 1.165) is 23.3 Å². The number of nitrogens with one attached hydrogen (secondary N) is 1. The first-order valence-corrected chi connectivity index (χ1v) is 8.21. The zero-order chi connectivity index (χ0) is 19.4. The van der Waals surface area contributed by atoms with E-state index < -0.39 is 17.6 Å². The molecule has 0 spiro atoms. The van der Waals surface area contributed by atoms with E-state index in [-0.39, 0.29) is 24.6 Å². The molecule has 0 aromatic heterocycles. The van der Waals surface area contributed by atoms with Gasteiger partial charge in [0.15, 0.2) is 0 Å². The lowest BCUT2D eigenvalue weighted by molar-refractivity contribution is -0.138. The Morgan fingerprint density at radius 1 is 1.07 bits per heavy atom. The first-order chi connectivity index (χ1) is 12.8. The molecule has 0 aliphatic carbocycles. The predicted octanol–water partition coefficient (Wildman–Crippen LogP) is 3.91. The van der Waals surface area contributed by atoms with Crippen molar-refractivity contribution in [2.75, 3.05) is 11.9 Å². The standard InChI is InChI=1S/C20H16F3NO3/c21-20(22,23)16-3-1-2-14(9-16)10-18(25)24-17-6-4-13(5-7-17)8-15-11-19(26)27-12-15/h1-7,9,11H,8,10,12H2,(H,24,25). The van der Waals surface area contributed by atoms with Gasteiger partial charge in [0, 0.05) is 11.8 Å². The van der Waals surface area contributed by atoms with Crippen molar-refractivity contribution in [3.8, 4) is 0 Å². The molecule has 0 saturated carbocycles. The Bertz CT molecular complexity index is 886. The summed E-state index contributed by atoms with van der Waals surface area (Å²) in [5, 5.41) is 2.66. The second kappa shape index (κ2) is 7.65. The van der Waals surface area contributed by atoms with Crippen LogP contribution in [0.5, 0.6) is 0 Å². The number of esters is 1. The van der Waals surface area contributed by atoms with Crippen LogP contribution in [0.25, 0.3) is 0 Å². The van der Waals surface area contributed by atoms with E-state index >= 15 is 0 Å². The number of carbonyl (C=O) groups excluding carboxylic acids is 2. The van der Waals surface area contributed by atoms with Gasteiger partial charge in [-0.2, -0.15) is 13.2 Å². The molecule has 1 amide bonds. The Morgan fingerprint density at radius 3 is 2.44 bits per heavy atom. The molecule has 0 unspecified atom stereocenters. The molecular formula is C20H16F3NO3. The van der Waals surface area contributed by atoms with Gasteiger partial charge in [0.2, 0.25) is 5.91 Å². The second-order valence-corrected chi connectivity index (χ2v) is 6.21. The maximum Gasteiger partial charge on any atom is 0.416 e. The molecule has 27 heavy (non-hydrogen) atoms. The summed E-state index contributed by atoms with van der Waals surface area (Å²) < 4.78 is 43.0. The number of hydrogen-bond acceptors (Lipinski definition) is 3. The Kier molecular flexibility index (Phi) is 5.30. The third-order valence-corrected chi connectivity index (χ3v) is 4.01. The summed E-state index contributed by atoms with van der Waals surface area (Å²) in [5.41, 5.74) is 1.89. The van der Waals surface area contributed by atoms with E-state index in [2.05, 4.69) is 5.32 Å². The van der Waals surface area contributed by atoms with Crippen LogP contribution in [0.3, 0.4) is 0 Å². The van der Waals surface area contributed by atoms with Gasteiger partial charge in [0.1, 0.15) is 6.61 Å². The van der Waals surface area contributed by atoms with E-state index in [4.69, 9.17) is 4.74 Å². The second-order valence-electron chi connectivity index (χ2n) is 6.21. The fraction of sp³-hybridized carbons (Fsp3) is 0.200. The van der Waals surface area contributed by atoms with Gasteiger partial charge in [0.25, 0.3) is 0 Å². The number of anilines is 1. The van der Waals surface area contributed by atoms with Gasteiger partial charge < -0.3 is 10.1 Å². The molecular weight excluding hydrogens is 359 g/mol. The van der Waals surface area contributed by atoms with Crippen molar-refractivity contribution < 1.29 is 27.5 Å². The van der Waals surface area contributed by atoms with Crippen molar-refractivity contribution in [1.82, 2.24) is 0 Å². The number of amides is 1. The first kappa shape index (κ1) is 18.7. The third kappa shape index (κ3) is 5.20. The number of cyclic esters (lactones) is 1. The summed E-state index contributed by atoms with van der Waals surface area (Å²) in [6, 6.07) is 11.7. The molecule has 0 saturated heterocycles. The van der Waals surface area contributed by atoms with Crippen LogP contribution >= 0.6 is 0 Å². The zero-order valence-electron chi connectivity index (χ0n) is 14.2. The van der Waals surface area contributed by atoms with Crippen LogP contribution < -0.4 is 5.32 Å². The van der Waals surface area contributed by atoms with Gasteiger partial charge in [-0.25, -0.2) is 4.79 Å². The molecule has 1 heterocycles. The minimum absolute atomic E-state index is 0.155. The highest BCUT2D eigenvalue weighted by atomic mass is 19.4. The summed E-state index contributed by atoms with van der Waals surface area (Å²) >= 11 is 0. The van der Waals surface area contributed by atoms with Crippen LogP contribution in [0.1, 0.15) is 16.7 Å². The maximum absolute atomic E-state index is 12.7. The quantitative estimate of drug-likeness (QED) is 0.806. The van der Waals surface area contributed by atoms with Crippen molar-refractivity contribution in [3.05, 3.63) is 76.9 Å². The predicted molar refractivity (Wildman–Crippen MR) is 93.0 cm³/mol. The highest BCUT2D eigenvalue weighted by molar-refractivity contribution is 5.92. The van der Waals surface area contributed by atoms with Crippen LogP contribution in [0.2, 0.25) is 0 Å². The molecule has 4 nitrogen and oxygen atoms in total. The number of hydrogen-bond donors (Lipinski definition) is 1. The van der Waals surface area contributed by atoms with Crippen LogP contribution in [0.4, 0.5) is 18.9 Å². The molecule has 0 atom stereocenters. The van der Waals surface area contributed by atoms with E-state index in [1.54, 1.807) is 12.1 Å². The van der Waals surface area contributed by atoms with Gasteiger partial charge in [-0.15, -0.1) is 0 Å². The average Bonchev–Trinajstić information content (AvgIpc) is 3.01. The lowest BCUT2D eigenvalue weighted by Crippen LogP contribution is -2.15. The topological polar surface area (TPSA) is 55.4 Å². The summed E-state index contributed by atoms with van der Waals surface area (Å²) in [6.45, 7) is 0.286. The molecule has 3 rings (SSSR count). The summed E-state index contributed by atoms with van der Waals surface area (Å²) in [6.07, 6.45) is -2.56. The average molecular weight is 375 g/mol. The summed E-state index contributed by atoms with van der Waals surface area (Å²) in [7, 11) is 0. The minimum atomic E-state index is -4.44. The molecule has 0 bridgehead atoms. The highest BCUT2D eigenvalue weighted by Gasteiger charge is 2.30. The van der Waals surface area contributed by atoms with Crippen molar-refractivity contribution >= 4 is 17.6 Å². The molecule has 1 aliphatic heterocycles. The molecule has 0 radical (unpaired) electrons. The van der Waals surface area contributed by atoms with Crippen LogP contribution in [-0.4, -0.2) is 18.5 Å². The molecule has 7 heteroatoms. The Hall–Kier alpha value is -3.09.